The van der Waals surface area contributed by atoms with Gasteiger partial charge in [0.2, 0.25) is 28.4 Å². The van der Waals surface area contributed by atoms with Crippen molar-refractivity contribution >= 4 is 166 Å². The van der Waals surface area contributed by atoms with Crippen LogP contribution in [0.25, 0.3) is 32.9 Å². The molecule has 0 bridgehead atoms. The van der Waals surface area contributed by atoms with Crippen molar-refractivity contribution in [3.8, 4) is 22.9 Å². The molecule has 2 heterocycles. The zero-order chi connectivity index (χ0) is 62.2. The lowest BCUT2D eigenvalue weighted by Gasteiger charge is -2.15. The van der Waals surface area contributed by atoms with Gasteiger partial charge in [-0.15, -0.1) is 32.0 Å². The van der Waals surface area contributed by atoms with Crippen molar-refractivity contribution in [2.24, 2.45) is 0 Å². The van der Waals surface area contributed by atoms with E-state index in [1.807, 2.05) is 34.9 Å². The second-order valence-electron chi connectivity index (χ2n) is 19.3. The number of nitrogens with two attached hydrogens (primary N) is 1. The van der Waals surface area contributed by atoms with E-state index in [1.165, 1.54) is 115 Å². The number of carboxylic acid groups (broad SMARTS) is 3. The molecule has 0 spiro atoms. The summed E-state index contributed by atoms with van der Waals surface area (Å²) in [7, 11) is 3.27. The molecule has 0 radical (unpaired) electrons. The van der Waals surface area contributed by atoms with Gasteiger partial charge in [0.25, 0.3) is 0 Å². The van der Waals surface area contributed by atoms with Gasteiger partial charge in [-0.1, -0.05) is 82.6 Å². The van der Waals surface area contributed by atoms with Crippen LogP contribution < -0.4 is 31.2 Å². The molecule has 11 rings (SSSR count). The summed E-state index contributed by atoms with van der Waals surface area (Å²) in [5.74, 6) is -1.64. The number of aromatic carboxylic acids is 3. The van der Waals surface area contributed by atoms with Crippen LogP contribution in [0.15, 0.2) is 130 Å². The maximum atomic E-state index is 12.6. The Kier molecular flexibility index (Phi) is 20.5. The monoisotopic (exact) mass is 1360 g/mol. The minimum atomic E-state index is -1.10. The smallest absolute Gasteiger partial charge is 0.335 e. The molecule has 448 valence electrons. The van der Waals surface area contributed by atoms with Gasteiger partial charge in [-0.3, -0.25) is 23.5 Å². The minimum Gasteiger partial charge on any atom is -0.497 e. The lowest BCUT2D eigenvalue weighted by molar-refractivity contribution is -0.114. The Morgan fingerprint density at radius 2 is 0.931 bits per heavy atom. The molecule has 2 aliphatic rings. The first kappa shape index (κ1) is 63.4. The van der Waals surface area contributed by atoms with Crippen molar-refractivity contribution in [3.05, 3.63) is 163 Å². The van der Waals surface area contributed by atoms with Crippen molar-refractivity contribution in [1.29, 1.82) is 0 Å². The number of alkyl halides is 1. The van der Waals surface area contributed by atoms with Gasteiger partial charge >= 0.3 is 17.9 Å². The van der Waals surface area contributed by atoms with Crippen molar-refractivity contribution in [2.45, 2.75) is 47.8 Å². The van der Waals surface area contributed by atoms with Crippen LogP contribution in [0.4, 0.5) is 23.0 Å². The molecule has 28 heteroatoms. The van der Waals surface area contributed by atoms with Gasteiger partial charge < -0.3 is 46.5 Å². The molecule has 21 nitrogen and oxygen atoms in total. The summed E-state index contributed by atoms with van der Waals surface area (Å²) in [5.41, 5.74) is 11.6. The van der Waals surface area contributed by atoms with Crippen LogP contribution in [0.1, 0.15) is 79.7 Å². The first-order valence-electron chi connectivity index (χ1n) is 26.1. The fourth-order valence-electron chi connectivity index (χ4n) is 9.03. The predicted octanol–water partition coefficient (Wildman–Crippen LogP) is 13.3. The maximum absolute atomic E-state index is 12.6. The number of aromatic nitrogens is 6. The number of rotatable bonds is 19. The predicted molar refractivity (Wildman–Crippen MR) is 340 cm³/mol. The Morgan fingerprint density at radius 3 is 1.31 bits per heavy atom. The van der Waals surface area contributed by atoms with E-state index in [0.717, 1.165) is 44.4 Å². The fourth-order valence-corrected chi connectivity index (χ4v) is 11.8. The van der Waals surface area contributed by atoms with Gasteiger partial charge in [0.1, 0.15) is 17.4 Å². The molecular weight excluding hydrogens is 1310 g/mol. The highest BCUT2D eigenvalue weighted by Gasteiger charge is 2.29. The largest absolute Gasteiger partial charge is 0.497 e. The highest BCUT2D eigenvalue weighted by Crippen LogP contribution is 2.47. The van der Waals surface area contributed by atoms with Crippen molar-refractivity contribution < 1.29 is 53.6 Å². The molecule has 3 amide bonds. The molecule has 2 fully saturated rings. The van der Waals surface area contributed by atoms with Crippen molar-refractivity contribution in [3.63, 3.8) is 0 Å². The number of fused-ring (bicyclic) bond motifs is 2. The van der Waals surface area contributed by atoms with E-state index in [4.69, 9.17) is 76.9 Å². The number of methoxy groups -OCH3 is 2. The second kappa shape index (κ2) is 28.2. The summed E-state index contributed by atoms with van der Waals surface area (Å²) in [4.78, 5) is 69.0. The van der Waals surface area contributed by atoms with Crippen LogP contribution >= 0.6 is 85.9 Å². The number of carbonyl (C=O) groups is 6. The number of nitrogen functional groups attached to an aromatic ring is 1. The number of ether oxygens (including phenoxy) is 2. The highest BCUT2D eigenvalue weighted by molar-refractivity contribution is 9.10. The lowest BCUT2D eigenvalue weighted by Crippen LogP contribution is -2.15. The van der Waals surface area contributed by atoms with E-state index in [0.29, 0.717) is 43.9 Å². The summed E-state index contributed by atoms with van der Waals surface area (Å²) < 4.78 is 15.1. The fraction of sp³-hybridized carbons (Fsp3) is 0.186. The number of anilines is 4. The lowest BCUT2D eigenvalue weighted by atomic mass is 9.99. The van der Waals surface area contributed by atoms with E-state index >= 15 is 0 Å². The number of halogens is 5. The van der Waals surface area contributed by atoms with Crippen LogP contribution in [0, 0.1) is 0 Å². The van der Waals surface area contributed by atoms with Gasteiger partial charge in [0.05, 0.1) is 85.9 Å². The molecule has 87 heavy (non-hydrogen) atoms. The average Bonchev–Trinajstić information content (AvgIpc) is 1.82. The van der Waals surface area contributed by atoms with Crippen LogP contribution in [0.3, 0.4) is 0 Å². The van der Waals surface area contributed by atoms with E-state index in [9.17, 15) is 28.8 Å². The van der Waals surface area contributed by atoms with E-state index in [-0.39, 0.29) is 66.9 Å². The van der Waals surface area contributed by atoms with E-state index < -0.39 is 23.8 Å². The Balaban J connectivity index is 0.000000169. The topological polar surface area (TPSA) is 305 Å². The molecule has 0 saturated heterocycles. The summed E-state index contributed by atoms with van der Waals surface area (Å²) in [6.45, 7) is 0. The van der Waals surface area contributed by atoms with Crippen LogP contribution in [0.5, 0.6) is 11.5 Å². The normalized spacial score (nSPS) is 12.5. The Hall–Kier alpha value is -8.10. The number of nitrogens with one attached hydrogen (secondary N) is 3. The number of carbonyl (C=O) groups excluding carboxylic acids is 3. The summed E-state index contributed by atoms with van der Waals surface area (Å²) >= 11 is 29.2. The number of thioether (sulfide) groups is 2. The third kappa shape index (κ3) is 15.4. The zero-order valence-corrected chi connectivity index (χ0v) is 51.9. The summed E-state index contributed by atoms with van der Waals surface area (Å²) in [6.07, 6.45) is 4.73. The number of hydrogen-bond acceptors (Lipinski definition) is 15. The molecular formula is C59H49BrCl4N10O11S2. The third-order valence-corrected chi connectivity index (χ3v) is 17.0. The first-order valence-corrected chi connectivity index (χ1v) is 30.5. The zero-order valence-electron chi connectivity index (χ0n) is 45.6. The average molecular weight is 1360 g/mol. The SMILES string of the molecule is COc1ccc2c(C3CC3)ccc(-n3c(Br)nnc3SCC(=O)Nc3ccc(C(=O)O)cc3Cl)c2c1.COc1ccc2c(C3CC3)ccc(-n3c(N)nnc3SCC(=O)Nc3ccc(C(=O)O)cc3Cl)c2c1.O=C(CCl)Nc1ccc(C(=O)O)cc1Cl. The molecule has 2 aliphatic carbocycles. The Labute approximate surface area is 532 Å². The van der Waals surface area contributed by atoms with Gasteiger partial charge in [0, 0.05) is 10.8 Å². The van der Waals surface area contributed by atoms with Gasteiger partial charge in [-0.25, -0.2) is 14.4 Å². The van der Waals surface area contributed by atoms with Gasteiger partial charge in [-0.2, -0.15) is 0 Å². The number of amides is 3. The van der Waals surface area contributed by atoms with Crippen LogP contribution in [-0.4, -0.2) is 112 Å². The Bertz CT molecular complexity index is 3960. The summed E-state index contributed by atoms with van der Waals surface area (Å²) in [6, 6.07) is 32.6. The quantitative estimate of drug-likeness (QED) is 0.0292. The number of nitrogens with zero attached hydrogens (tertiary/aromatic N) is 6. The minimum absolute atomic E-state index is 0.0105. The van der Waals surface area contributed by atoms with Crippen molar-refractivity contribution in [1.82, 2.24) is 29.5 Å². The summed E-state index contributed by atoms with van der Waals surface area (Å²) in [5, 5.41) is 57.0. The number of hydrogen-bond donors (Lipinski definition) is 7. The molecule has 2 aromatic heterocycles. The third-order valence-electron chi connectivity index (χ3n) is 13.5. The van der Waals surface area contributed by atoms with Gasteiger partial charge in [-0.05, 0) is 166 Å². The number of carboxylic acids is 3. The van der Waals surface area contributed by atoms with Crippen LogP contribution in [-0.2, 0) is 14.4 Å². The molecule has 7 aromatic carbocycles. The molecule has 0 unspecified atom stereocenters. The first-order chi connectivity index (χ1) is 41.7. The maximum Gasteiger partial charge on any atom is 0.335 e. The second-order valence-corrected chi connectivity index (χ2v) is 23.4. The molecule has 8 N–H and O–H groups in total. The molecule has 0 aliphatic heterocycles. The van der Waals surface area contributed by atoms with Gasteiger partial charge in [0.15, 0.2) is 10.3 Å². The highest BCUT2D eigenvalue weighted by atomic mass is 79.9. The van der Waals surface area contributed by atoms with Crippen molar-refractivity contribution in [2.75, 3.05) is 53.3 Å². The number of benzene rings is 7. The molecule has 9 aromatic rings. The van der Waals surface area contributed by atoms with E-state index in [1.54, 1.807) is 18.8 Å². The Morgan fingerprint density at radius 1 is 0.540 bits per heavy atom. The van der Waals surface area contributed by atoms with E-state index in [2.05, 4.69) is 82.6 Å². The molecule has 2 saturated carbocycles. The van der Waals surface area contributed by atoms with Crippen LogP contribution in [0.2, 0.25) is 15.1 Å². The molecule has 0 atom stereocenters. The standard InChI is InChI=1S/C25H20BrClN4O4S.C25H22ClN5O4S.C9H7Cl2NO3/c1-35-15-5-6-17-16(13-2-3-13)7-9-21(18(17)11-15)31-24(26)29-30-25(31)36-12-22(32)28-20-8-4-14(23(33)34)10-19(20)27;1-35-15-5-6-17-16(13-2-3-13)7-9-21(18(17)11-15)31-24(27)29-30-25(31)36-12-22(32)28-20-8-4-14(23(33)34)10-19(20)26;10-4-8(13)12-7-2-1-5(9(14)15)3-6(7)11/h4-11,13H,2-3,12H2,1H3,(H,28,32)(H,33,34);4-11,13H,2-3,12H2,1H3,(H2,27,29)(H,28,32)(H,33,34);1-3H,4H2,(H,12,13)(H,14,15).